The average molecular weight is 275 g/mol. The lowest BCUT2D eigenvalue weighted by molar-refractivity contribution is 0.0941. The maximum atomic E-state index is 12.9. The van der Waals surface area contributed by atoms with Crippen molar-refractivity contribution in [2.45, 2.75) is 19.4 Å². The van der Waals surface area contributed by atoms with E-state index in [9.17, 15) is 9.18 Å². The molecule has 1 aromatic rings. The number of amides is 1. The fourth-order valence-corrected chi connectivity index (χ4v) is 1.73. The number of halogens is 2. The Morgan fingerprint density at radius 3 is 2.82 bits per heavy atom. The third kappa shape index (κ3) is 4.28. The van der Waals surface area contributed by atoms with E-state index in [1.165, 1.54) is 12.1 Å². The van der Waals surface area contributed by atoms with Crippen molar-refractivity contribution in [1.82, 2.24) is 5.32 Å². The van der Waals surface area contributed by atoms with Gasteiger partial charge in [0.15, 0.2) is 0 Å². The van der Waals surface area contributed by atoms with E-state index in [0.29, 0.717) is 17.0 Å². The topological polar surface area (TPSA) is 55.1 Å². The summed E-state index contributed by atoms with van der Waals surface area (Å²) in [4.78, 5) is 12.1. The average Bonchev–Trinajstić information content (AvgIpc) is 2.20. The zero-order chi connectivity index (χ0) is 13.0. The summed E-state index contributed by atoms with van der Waals surface area (Å²) in [5, 5.41) is 2.60. The number of hydrogen-bond donors (Lipinski definition) is 2. The van der Waals surface area contributed by atoms with Gasteiger partial charge in [0.1, 0.15) is 5.82 Å². The highest BCUT2D eigenvalue weighted by Gasteiger charge is 2.12. The highest BCUT2D eigenvalue weighted by atomic mass is 35.5. The molecule has 1 aromatic carbocycles. The van der Waals surface area contributed by atoms with Crippen LogP contribution in [0, 0.1) is 5.82 Å². The molecule has 0 saturated carbocycles. The Morgan fingerprint density at radius 1 is 1.65 bits per heavy atom. The van der Waals surface area contributed by atoms with Crippen LogP contribution in [0.3, 0.4) is 0 Å². The first-order valence-corrected chi connectivity index (χ1v) is 5.73. The molecule has 0 saturated heterocycles. The zero-order valence-electron chi connectivity index (χ0n) is 9.17. The van der Waals surface area contributed by atoms with Gasteiger partial charge in [0.05, 0.1) is 10.0 Å². The molecule has 1 atom stereocenters. The first kappa shape index (κ1) is 13.9. The minimum atomic E-state index is -0.556. The molecule has 0 fully saturated rings. The van der Waals surface area contributed by atoms with Gasteiger partial charge in [-0.1, -0.05) is 23.8 Å². The van der Waals surface area contributed by atoms with E-state index in [0.717, 1.165) is 6.07 Å². The molecule has 0 radical (unpaired) electrons. The summed E-state index contributed by atoms with van der Waals surface area (Å²) in [6, 6.07) is 3.61. The monoisotopic (exact) mass is 274 g/mol. The summed E-state index contributed by atoms with van der Waals surface area (Å²) < 4.78 is 12.9. The van der Waals surface area contributed by atoms with Gasteiger partial charge in [-0.3, -0.25) is 4.79 Å². The number of thiocarbonyl (C=S) groups is 1. The van der Waals surface area contributed by atoms with Gasteiger partial charge in [0.2, 0.25) is 0 Å². The maximum Gasteiger partial charge on any atom is 0.251 e. The molecule has 17 heavy (non-hydrogen) atoms. The van der Waals surface area contributed by atoms with E-state index in [1.54, 1.807) is 6.92 Å². The van der Waals surface area contributed by atoms with Gasteiger partial charge in [-0.25, -0.2) is 4.39 Å². The highest BCUT2D eigenvalue weighted by Crippen LogP contribution is 2.16. The summed E-state index contributed by atoms with van der Waals surface area (Å²) in [5.41, 5.74) is 5.66. The van der Waals surface area contributed by atoms with Crippen LogP contribution >= 0.6 is 23.8 Å². The summed E-state index contributed by atoms with van der Waals surface area (Å²) in [5.74, 6) is -0.893. The molecule has 3 nitrogen and oxygen atoms in total. The Hall–Kier alpha value is -1.20. The van der Waals surface area contributed by atoms with Crippen LogP contribution in [0.5, 0.6) is 0 Å². The number of rotatable bonds is 4. The van der Waals surface area contributed by atoms with Crippen LogP contribution in [0.1, 0.15) is 23.7 Å². The summed E-state index contributed by atoms with van der Waals surface area (Å²) >= 11 is 10.3. The molecule has 0 aliphatic heterocycles. The third-order valence-electron chi connectivity index (χ3n) is 2.07. The SMILES string of the molecule is CC(CC(N)=S)NC(=O)c1ccc(F)c(Cl)c1. The second-order valence-corrected chi connectivity index (χ2v) is 4.61. The predicted octanol–water partition coefficient (Wildman–Crippen LogP) is 2.27. The molecule has 0 spiro atoms. The van der Waals surface area contributed by atoms with Crippen molar-refractivity contribution in [3.63, 3.8) is 0 Å². The maximum absolute atomic E-state index is 12.9. The third-order valence-corrected chi connectivity index (χ3v) is 2.52. The van der Waals surface area contributed by atoms with Crippen molar-refractivity contribution >= 4 is 34.7 Å². The van der Waals surface area contributed by atoms with Gasteiger partial charge in [-0.05, 0) is 25.1 Å². The van der Waals surface area contributed by atoms with Crippen molar-refractivity contribution in [3.05, 3.63) is 34.6 Å². The fraction of sp³-hybridized carbons (Fsp3) is 0.273. The Balaban J connectivity index is 2.70. The largest absolute Gasteiger partial charge is 0.393 e. The molecular weight excluding hydrogens is 263 g/mol. The van der Waals surface area contributed by atoms with Crippen LogP contribution in [0.2, 0.25) is 5.02 Å². The molecule has 0 bridgehead atoms. The van der Waals surface area contributed by atoms with Crippen LogP contribution in [-0.2, 0) is 0 Å². The molecule has 92 valence electrons. The smallest absolute Gasteiger partial charge is 0.251 e. The van der Waals surface area contributed by atoms with E-state index in [-0.39, 0.29) is 17.0 Å². The van der Waals surface area contributed by atoms with Crippen molar-refractivity contribution < 1.29 is 9.18 Å². The Kier molecular flexibility index (Phi) is 4.84. The molecule has 0 aromatic heterocycles. The molecule has 0 heterocycles. The van der Waals surface area contributed by atoms with Gasteiger partial charge >= 0.3 is 0 Å². The van der Waals surface area contributed by atoms with Crippen LogP contribution < -0.4 is 11.1 Å². The van der Waals surface area contributed by atoms with Crippen molar-refractivity contribution in [3.8, 4) is 0 Å². The number of nitrogens with one attached hydrogen (secondary N) is 1. The van der Waals surface area contributed by atoms with Crippen molar-refractivity contribution in [1.29, 1.82) is 0 Å². The number of nitrogens with two attached hydrogens (primary N) is 1. The normalized spacial score (nSPS) is 11.9. The lowest BCUT2D eigenvalue weighted by atomic mass is 10.1. The minimum absolute atomic E-state index is 0.0837. The summed E-state index contributed by atoms with van der Waals surface area (Å²) in [6.07, 6.45) is 0.413. The molecule has 6 heteroatoms. The molecule has 0 aliphatic rings. The quantitative estimate of drug-likeness (QED) is 0.828. The van der Waals surface area contributed by atoms with Crippen LogP contribution in [0.25, 0.3) is 0 Å². The Morgan fingerprint density at radius 2 is 2.29 bits per heavy atom. The number of benzene rings is 1. The second-order valence-electron chi connectivity index (χ2n) is 3.67. The van der Waals surface area contributed by atoms with Crippen molar-refractivity contribution in [2.24, 2.45) is 5.73 Å². The molecular formula is C11H12ClFN2OS. The van der Waals surface area contributed by atoms with Crippen LogP contribution in [-0.4, -0.2) is 16.9 Å². The Labute approximate surface area is 109 Å². The van der Waals surface area contributed by atoms with Crippen LogP contribution in [0.15, 0.2) is 18.2 Å². The predicted molar refractivity (Wildman–Crippen MR) is 69.7 cm³/mol. The number of hydrogen-bond acceptors (Lipinski definition) is 2. The molecule has 1 amide bonds. The summed E-state index contributed by atoms with van der Waals surface area (Å²) in [6.45, 7) is 1.78. The van der Waals surface area contributed by atoms with E-state index >= 15 is 0 Å². The van der Waals surface area contributed by atoms with E-state index in [4.69, 9.17) is 29.6 Å². The number of carbonyl (C=O) groups is 1. The van der Waals surface area contributed by atoms with Crippen LogP contribution in [0.4, 0.5) is 4.39 Å². The van der Waals surface area contributed by atoms with Gasteiger partial charge < -0.3 is 11.1 Å². The molecule has 3 N–H and O–H groups in total. The van der Waals surface area contributed by atoms with Gasteiger partial charge in [0, 0.05) is 18.0 Å². The highest BCUT2D eigenvalue weighted by molar-refractivity contribution is 7.80. The summed E-state index contributed by atoms with van der Waals surface area (Å²) in [7, 11) is 0. The van der Waals surface area contributed by atoms with E-state index in [1.807, 2.05) is 0 Å². The van der Waals surface area contributed by atoms with Gasteiger partial charge in [-0.2, -0.15) is 0 Å². The first-order valence-electron chi connectivity index (χ1n) is 4.94. The standard InChI is InChI=1S/C11H12ClFN2OS/c1-6(4-10(14)17)15-11(16)7-2-3-9(13)8(12)5-7/h2-3,5-6H,4H2,1H3,(H2,14,17)(H,15,16). The zero-order valence-corrected chi connectivity index (χ0v) is 10.7. The molecule has 0 aliphatic carbocycles. The van der Waals surface area contributed by atoms with E-state index in [2.05, 4.69) is 5.32 Å². The first-order chi connectivity index (χ1) is 7.90. The van der Waals surface area contributed by atoms with Gasteiger partial charge in [-0.15, -0.1) is 0 Å². The minimum Gasteiger partial charge on any atom is -0.393 e. The second kappa shape index (κ2) is 5.93. The van der Waals surface area contributed by atoms with Gasteiger partial charge in [0.25, 0.3) is 5.91 Å². The van der Waals surface area contributed by atoms with Crippen molar-refractivity contribution in [2.75, 3.05) is 0 Å². The fourth-order valence-electron chi connectivity index (χ4n) is 1.30. The lowest BCUT2D eigenvalue weighted by Crippen LogP contribution is -2.35. The number of carbonyl (C=O) groups excluding carboxylic acids is 1. The Bertz CT molecular complexity index is 453. The molecule has 1 unspecified atom stereocenters. The van der Waals surface area contributed by atoms with E-state index < -0.39 is 5.82 Å². The lowest BCUT2D eigenvalue weighted by Gasteiger charge is -2.13. The molecule has 1 rings (SSSR count).